The van der Waals surface area contributed by atoms with Gasteiger partial charge in [-0.2, -0.15) is 0 Å². The Morgan fingerprint density at radius 2 is 1.87 bits per heavy atom. The van der Waals surface area contributed by atoms with Gasteiger partial charge in [0.25, 0.3) is 0 Å². The number of benzene rings is 2. The molecule has 9 nitrogen and oxygen atoms in total. The predicted molar refractivity (Wildman–Crippen MR) is 141 cm³/mol. The number of rotatable bonds is 8. The summed E-state index contributed by atoms with van der Waals surface area (Å²) in [5.41, 5.74) is 2.61. The fourth-order valence-electron chi connectivity index (χ4n) is 4.70. The largest absolute Gasteiger partial charge is 0.488 e. The van der Waals surface area contributed by atoms with Crippen LogP contribution in [0.2, 0.25) is 5.02 Å². The van der Waals surface area contributed by atoms with Crippen molar-refractivity contribution >= 4 is 17.6 Å². The highest BCUT2D eigenvalue weighted by atomic mass is 35.5. The van der Waals surface area contributed by atoms with Crippen molar-refractivity contribution in [3.63, 3.8) is 0 Å². The van der Waals surface area contributed by atoms with Crippen molar-refractivity contribution in [1.29, 1.82) is 0 Å². The Hall–Kier alpha value is -3.05. The van der Waals surface area contributed by atoms with Gasteiger partial charge in [0.2, 0.25) is 0 Å². The van der Waals surface area contributed by atoms with E-state index in [0.29, 0.717) is 30.2 Å². The normalized spacial score (nSPS) is 26.8. The molecular weight excluding hydrogens is 526 g/mol. The molecule has 0 saturated carbocycles. The van der Waals surface area contributed by atoms with Gasteiger partial charge < -0.3 is 34.3 Å². The third-order valence-electron chi connectivity index (χ3n) is 6.90. The molecule has 0 spiro atoms. The molecule has 0 bridgehead atoms. The van der Waals surface area contributed by atoms with E-state index in [4.69, 9.17) is 30.5 Å². The van der Waals surface area contributed by atoms with Crippen LogP contribution in [0.5, 0.6) is 5.75 Å². The number of esters is 1. The number of aliphatic hydroxyl groups excluding tert-OH is 3. The Balaban J connectivity index is 1.27. The van der Waals surface area contributed by atoms with Crippen molar-refractivity contribution < 1.29 is 39.1 Å². The predicted octanol–water partition coefficient (Wildman–Crippen LogP) is 2.87. The first-order chi connectivity index (χ1) is 18.9. The first-order valence-corrected chi connectivity index (χ1v) is 13.2. The van der Waals surface area contributed by atoms with Crippen molar-refractivity contribution in [1.82, 2.24) is 4.98 Å². The van der Waals surface area contributed by atoms with E-state index < -0.39 is 36.5 Å². The van der Waals surface area contributed by atoms with Gasteiger partial charge in [0.05, 0.1) is 18.8 Å². The minimum absolute atomic E-state index is 0.0699. The van der Waals surface area contributed by atoms with E-state index in [2.05, 4.69) is 4.98 Å². The fraction of sp³-hybridized carbons (Fsp3) is 0.379. The molecule has 3 aromatic rings. The maximum absolute atomic E-state index is 12.3. The zero-order chi connectivity index (χ0) is 27.4. The van der Waals surface area contributed by atoms with Gasteiger partial charge in [-0.05, 0) is 53.4 Å². The lowest BCUT2D eigenvalue weighted by Gasteiger charge is -2.40. The number of ether oxygens (including phenoxy) is 4. The van der Waals surface area contributed by atoms with Crippen LogP contribution in [-0.2, 0) is 20.6 Å². The zero-order valence-corrected chi connectivity index (χ0v) is 21.8. The second kappa shape index (κ2) is 12.4. The van der Waals surface area contributed by atoms with Gasteiger partial charge in [-0.1, -0.05) is 35.9 Å². The number of hydrogen-bond acceptors (Lipinski definition) is 9. The Bertz CT molecular complexity index is 1250. The van der Waals surface area contributed by atoms with Crippen molar-refractivity contribution in [2.45, 2.75) is 49.5 Å². The molecule has 0 unspecified atom stereocenters. The number of carbonyl (C=O) groups excluding carboxylic acids is 1. The van der Waals surface area contributed by atoms with Crippen molar-refractivity contribution in [3.8, 4) is 5.75 Å². The van der Waals surface area contributed by atoms with E-state index in [0.717, 1.165) is 23.3 Å². The molecule has 2 aliphatic heterocycles. The summed E-state index contributed by atoms with van der Waals surface area (Å²) in [4.78, 5) is 16.2. The molecule has 5 rings (SSSR count). The summed E-state index contributed by atoms with van der Waals surface area (Å²) >= 11 is 6.50. The molecule has 6 atom stereocenters. The van der Waals surface area contributed by atoms with Crippen LogP contribution in [-0.4, -0.2) is 76.6 Å². The van der Waals surface area contributed by atoms with E-state index in [9.17, 15) is 20.1 Å². The third kappa shape index (κ3) is 6.58. The van der Waals surface area contributed by atoms with Gasteiger partial charge >= 0.3 is 5.97 Å². The Kier molecular flexibility index (Phi) is 8.76. The van der Waals surface area contributed by atoms with E-state index >= 15 is 0 Å². The smallest absolute Gasteiger partial charge is 0.339 e. The summed E-state index contributed by atoms with van der Waals surface area (Å²) in [6.07, 6.45) is -2.07. The van der Waals surface area contributed by atoms with Gasteiger partial charge in [0.1, 0.15) is 49.0 Å². The summed E-state index contributed by atoms with van der Waals surface area (Å²) in [6, 6.07) is 16.1. The van der Waals surface area contributed by atoms with Crippen LogP contribution in [0.25, 0.3) is 0 Å². The first-order valence-electron chi connectivity index (χ1n) is 12.8. The summed E-state index contributed by atoms with van der Waals surface area (Å²) < 4.78 is 22.5. The zero-order valence-electron chi connectivity index (χ0n) is 21.1. The molecule has 1 aromatic heterocycles. The lowest BCUT2D eigenvalue weighted by molar-refractivity contribution is -0.231. The number of hydrogen-bond donors (Lipinski definition) is 3. The van der Waals surface area contributed by atoms with Gasteiger partial charge in [0.15, 0.2) is 0 Å². The van der Waals surface area contributed by atoms with Crippen LogP contribution in [0.1, 0.15) is 39.6 Å². The highest BCUT2D eigenvalue weighted by Gasteiger charge is 2.44. The number of pyridine rings is 1. The molecule has 10 heteroatoms. The second-order valence-corrected chi connectivity index (χ2v) is 10.1. The van der Waals surface area contributed by atoms with E-state index in [1.165, 1.54) is 12.4 Å². The van der Waals surface area contributed by atoms with Crippen molar-refractivity contribution in [2.24, 2.45) is 0 Å². The second-order valence-electron chi connectivity index (χ2n) is 9.68. The molecule has 3 N–H and O–H groups in total. The van der Waals surface area contributed by atoms with Crippen LogP contribution < -0.4 is 4.74 Å². The number of aromatic nitrogens is 1. The van der Waals surface area contributed by atoms with Gasteiger partial charge in [0, 0.05) is 23.8 Å². The third-order valence-corrected chi connectivity index (χ3v) is 7.26. The average Bonchev–Trinajstić information content (AvgIpc) is 3.47. The molecule has 0 aliphatic carbocycles. The van der Waals surface area contributed by atoms with Crippen molar-refractivity contribution in [3.05, 3.63) is 94.3 Å². The Morgan fingerprint density at radius 1 is 1.05 bits per heavy atom. The number of aliphatic hydroxyl groups is 3. The highest BCUT2D eigenvalue weighted by Crippen LogP contribution is 2.35. The molecule has 2 fully saturated rings. The summed E-state index contributed by atoms with van der Waals surface area (Å²) in [5, 5.41) is 32.3. The maximum Gasteiger partial charge on any atom is 0.339 e. The quantitative estimate of drug-likeness (QED) is 0.359. The van der Waals surface area contributed by atoms with Crippen LogP contribution in [0.3, 0.4) is 0 Å². The Labute approximate surface area is 230 Å². The fourth-order valence-corrected chi connectivity index (χ4v) is 4.88. The van der Waals surface area contributed by atoms with Gasteiger partial charge in [-0.15, -0.1) is 0 Å². The summed E-state index contributed by atoms with van der Waals surface area (Å²) in [7, 11) is 0. The monoisotopic (exact) mass is 555 g/mol. The highest BCUT2D eigenvalue weighted by molar-refractivity contribution is 6.31. The number of halogens is 1. The lowest BCUT2D eigenvalue weighted by Crippen LogP contribution is -2.55. The molecule has 0 amide bonds. The van der Waals surface area contributed by atoms with Crippen LogP contribution in [0, 0.1) is 0 Å². The molecular formula is C29H30ClNO8. The van der Waals surface area contributed by atoms with E-state index in [1.807, 2.05) is 24.3 Å². The molecule has 0 radical (unpaired) electrons. The van der Waals surface area contributed by atoms with Crippen LogP contribution in [0.4, 0.5) is 0 Å². The standard InChI is InChI=1S/C29H30ClNO8/c30-23-8-5-18(13-20(23)12-17-3-6-21(7-4-17)38-22-9-11-36-15-22)28-27(34)26(33)25(32)24(39-28)16-37-29(35)19-2-1-10-31-14-19/h1-8,10,13-14,22,24-28,32-34H,9,11-12,15-16H2/t22-,24-,25-,26+,27-,28+/m1/s1. The first kappa shape index (κ1) is 27.5. The van der Waals surface area contributed by atoms with Gasteiger partial charge in [-0.25, -0.2) is 4.79 Å². The molecule has 39 heavy (non-hydrogen) atoms. The van der Waals surface area contributed by atoms with Crippen LogP contribution >= 0.6 is 11.6 Å². The van der Waals surface area contributed by atoms with Gasteiger partial charge in [-0.3, -0.25) is 4.98 Å². The molecule has 2 aliphatic rings. The van der Waals surface area contributed by atoms with E-state index in [-0.39, 0.29) is 18.3 Å². The Morgan fingerprint density at radius 3 is 2.59 bits per heavy atom. The van der Waals surface area contributed by atoms with Crippen LogP contribution in [0.15, 0.2) is 67.0 Å². The summed E-state index contributed by atoms with van der Waals surface area (Å²) in [6.45, 7) is 0.986. The topological polar surface area (TPSA) is 128 Å². The number of nitrogens with zero attached hydrogens (tertiary/aromatic N) is 1. The van der Waals surface area contributed by atoms with Crippen molar-refractivity contribution in [2.75, 3.05) is 19.8 Å². The minimum atomic E-state index is -1.51. The number of carbonyl (C=O) groups is 1. The average molecular weight is 556 g/mol. The molecule has 206 valence electrons. The lowest BCUT2D eigenvalue weighted by atomic mass is 9.90. The molecule has 3 heterocycles. The summed E-state index contributed by atoms with van der Waals surface area (Å²) in [5.74, 6) is 0.133. The molecule has 2 saturated heterocycles. The van der Waals surface area contributed by atoms with E-state index in [1.54, 1.807) is 30.3 Å². The maximum atomic E-state index is 12.3. The molecule has 2 aromatic carbocycles. The minimum Gasteiger partial charge on any atom is -0.488 e. The SMILES string of the molecule is O=C(OC[C@H]1O[C@@H](c2ccc(Cl)c(Cc3ccc(O[C@@H]4CCOC4)cc3)c2)[C@H](O)[C@@H](O)[C@@H]1O)c1cccnc1.